The molecule has 2 aromatic rings. The predicted molar refractivity (Wildman–Crippen MR) is 183 cm³/mol. The average molecular weight is 563 g/mol. The first-order chi connectivity index (χ1) is 20.3. The molecule has 2 rings (SSSR count). The average Bonchev–Trinajstić information content (AvgIpc) is 3.00. The van der Waals surface area contributed by atoms with Crippen molar-refractivity contribution < 1.29 is 4.74 Å². The van der Waals surface area contributed by atoms with E-state index in [4.69, 9.17) is 4.74 Å². The molecule has 0 aliphatic carbocycles. The third-order valence-corrected chi connectivity index (χ3v) is 8.72. The Kier molecular flexibility index (Phi) is 22.4. The molecule has 0 fully saturated rings. The molecule has 2 aromatic carbocycles. The van der Waals surface area contributed by atoms with Crippen molar-refractivity contribution in [3.63, 3.8) is 0 Å². The second-order valence-electron chi connectivity index (χ2n) is 12.7. The van der Waals surface area contributed by atoms with Crippen molar-refractivity contribution in [2.24, 2.45) is 0 Å². The van der Waals surface area contributed by atoms with Gasteiger partial charge < -0.3 is 4.74 Å². The summed E-state index contributed by atoms with van der Waals surface area (Å²) >= 11 is 0. The summed E-state index contributed by atoms with van der Waals surface area (Å²) in [4.78, 5) is 0. The Hall–Kier alpha value is -1.76. The van der Waals surface area contributed by atoms with Gasteiger partial charge >= 0.3 is 0 Å². The second kappa shape index (κ2) is 25.9. The fourth-order valence-electron chi connectivity index (χ4n) is 5.92. The Morgan fingerprint density at radius 2 is 0.561 bits per heavy atom. The lowest BCUT2D eigenvalue weighted by molar-refractivity contribution is 0.482. The molecule has 0 bridgehead atoms. The van der Waals surface area contributed by atoms with E-state index < -0.39 is 0 Å². The molecule has 232 valence electrons. The largest absolute Gasteiger partial charge is 0.457 e. The van der Waals surface area contributed by atoms with E-state index in [2.05, 4.69) is 62.4 Å². The van der Waals surface area contributed by atoms with Crippen molar-refractivity contribution >= 4 is 0 Å². The summed E-state index contributed by atoms with van der Waals surface area (Å²) in [5.41, 5.74) is 2.87. The van der Waals surface area contributed by atoms with E-state index in [9.17, 15) is 0 Å². The van der Waals surface area contributed by atoms with Gasteiger partial charge in [0.1, 0.15) is 11.5 Å². The third kappa shape index (κ3) is 19.9. The summed E-state index contributed by atoms with van der Waals surface area (Å²) in [6.07, 6.45) is 36.2. The molecule has 0 aliphatic rings. The first-order valence-electron chi connectivity index (χ1n) is 18.2. The van der Waals surface area contributed by atoms with Gasteiger partial charge in [-0.15, -0.1) is 0 Å². The Balaban J connectivity index is 1.46. The Labute approximate surface area is 256 Å². The molecule has 0 N–H and O–H groups in total. The molecule has 0 unspecified atom stereocenters. The first-order valence-corrected chi connectivity index (χ1v) is 18.2. The molecule has 0 aliphatic heterocycles. The van der Waals surface area contributed by atoms with E-state index >= 15 is 0 Å². The molecule has 41 heavy (non-hydrogen) atoms. The minimum atomic E-state index is 0.942. The molecule has 0 aromatic heterocycles. The number of ether oxygens (including phenoxy) is 1. The number of benzene rings is 2. The minimum Gasteiger partial charge on any atom is -0.457 e. The monoisotopic (exact) mass is 563 g/mol. The van der Waals surface area contributed by atoms with Crippen molar-refractivity contribution in [3.05, 3.63) is 59.7 Å². The summed E-state index contributed by atoms with van der Waals surface area (Å²) in [6, 6.07) is 17.5. The van der Waals surface area contributed by atoms with Crippen molar-refractivity contribution in [3.8, 4) is 11.5 Å². The number of rotatable bonds is 28. The van der Waals surface area contributed by atoms with Crippen LogP contribution in [0.5, 0.6) is 11.5 Å². The van der Waals surface area contributed by atoms with Gasteiger partial charge in [0.15, 0.2) is 0 Å². The van der Waals surface area contributed by atoms with Crippen molar-refractivity contribution in [1.82, 2.24) is 0 Å². The zero-order chi connectivity index (χ0) is 29.1. The van der Waals surface area contributed by atoms with Gasteiger partial charge in [0.2, 0.25) is 0 Å². The van der Waals surface area contributed by atoms with Gasteiger partial charge in [0.25, 0.3) is 0 Å². The van der Waals surface area contributed by atoms with Gasteiger partial charge in [-0.05, 0) is 61.1 Å². The zero-order valence-electron chi connectivity index (χ0n) is 27.4. The summed E-state index contributed by atoms with van der Waals surface area (Å²) in [7, 11) is 0. The first kappa shape index (κ1) is 35.4. The van der Waals surface area contributed by atoms with E-state index in [1.165, 1.54) is 178 Å². The molecule has 0 amide bonds. The van der Waals surface area contributed by atoms with Gasteiger partial charge in [-0.25, -0.2) is 0 Å². The SMILES string of the molecule is CCCCCCCCCCCCCCc1ccc(Oc2ccc(CCCCCCCCCCCCCC)cc2)cc1. The van der Waals surface area contributed by atoms with E-state index in [1.807, 2.05) is 0 Å². The number of hydrogen-bond acceptors (Lipinski definition) is 1. The van der Waals surface area contributed by atoms with Gasteiger partial charge in [-0.3, -0.25) is 0 Å². The lowest BCUT2D eigenvalue weighted by Gasteiger charge is -2.08. The Morgan fingerprint density at radius 3 is 0.829 bits per heavy atom. The van der Waals surface area contributed by atoms with Crippen LogP contribution in [0, 0.1) is 0 Å². The van der Waals surface area contributed by atoms with Crippen molar-refractivity contribution in [1.29, 1.82) is 0 Å². The van der Waals surface area contributed by atoms with Gasteiger partial charge in [-0.1, -0.05) is 179 Å². The van der Waals surface area contributed by atoms with Crippen molar-refractivity contribution in [2.45, 2.75) is 181 Å². The molecular formula is C40H66O. The third-order valence-electron chi connectivity index (χ3n) is 8.72. The highest BCUT2D eigenvalue weighted by atomic mass is 16.5. The van der Waals surface area contributed by atoms with Crippen molar-refractivity contribution in [2.75, 3.05) is 0 Å². The minimum absolute atomic E-state index is 0.942. The quantitative estimate of drug-likeness (QED) is 0.0937. The highest BCUT2D eigenvalue weighted by molar-refractivity contribution is 5.34. The fraction of sp³-hybridized carbons (Fsp3) is 0.700. The van der Waals surface area contributed by atoms with Crippen LogP contribution in [0.3, 0.4) is 0 Å². The molecule has 0 spiro atoms. The van der Waals surface area contributed by atoms with E-state index in [0.717, 1.165) is 11.5 Å². The number of hydrogen-bond donors (Lipinski definition) is 0. The molecular weight excluding hydrogens is 496 g/mol. The highest BCUT2D eigenvalue weighted by Gasteiger charge is 2.01. The van der Waals surface area contributed by atoms with Gasteiger partial charge in [0.05, 0.1) is 0 Å². The zero-order valence-corrected chi connectivity index (χ0v) is 27.4. The van der Waals surface area contributed by atoms with E-state index in [-0.39, 0.29) is 0 Å². The Morgan fingerprint density at radius 1 is 0.317 bits per heavy atom. The summed E-state index contributed by atoms with van der Waals surface area (Å²) < 4.78 is 6.12. The molecule has 0 saturated carbocycles. The lowest BCUT2D eigenvalue weighted by Crippen LogP contribution is -1.90. The maximum Gasteiger partial charge on any atom is 0.127 e. The standard InChI is InChI=1S/C40H66O/c1-3-5-7-9-11-13-15-17-19-21-23-25-27-37-29-33-39(34-30-37)41-40-35-31-38(32-36-40)28-26-24-22-20-18-16-14-12-10-8-6-4-2/h29-36H,3-28H2,1-2H3. The van der Waals surface area contributed by atoms with E-state index in [1.54, 1.807) is 0 Å². The smallest absolute Gasteiger partial charge is 0.127 e. The normalized spacial score (nSPS) is 11.3. The number of aryl methyl sites for hydroxylation is 2. The van der Waals surface area contributed by atoms with Crippen LogP contribution in [-0.2, 0) is 12.8 Å². The van der Waals surface area contributed by atoms with E-state index in [0.29, 0.717) is 0 Å². The molecule has 0 saturated heterocycles. The highest BCUT2D eigenvalue weighted by Crippen LogP contribution is 2.23. The van der Waals surface area contributed by atoms with Crippen LogP contribution in [0.25, 0.3) is 0 Å². The molecule has 0 heterocycles. The second-order valence-corrected chi connectivity index (χ2v) is 12.7. The fourth-order valence-corrected chi connectivity index (χ4v) is 5.92. The summed E-state index contributed by atoms with van der Waals surface area (Å²) in [5, 5.41) is 0. The molecule has 0 atom stereocenters. The Bertz CT molecular complexity index is 736. The van der Waals surface area contributed by atoms with Crippen LogP contribution < -0.4 is 4.74 Å². The van der Waals surface area contributed by atoms with Crippen LogP contribution >= 0.6 is 0 Å². The number of unbranched alkanes of at least 4 members (excludes halogenated alkanes) is 22. The predicted octanol–water partition coefficient (Wildman–Crippen LogP) is 14.0. The topological polar surface area (TPSA) is 9.23 Å². The van der Waals surface area contributed by atoms with Gasteiger partial charge in [-0.2, -0.15) is 0 Å². The van der Waals surface area contributed by atoms with Crippen LogP contribution in [0.1, 0.15) is 179 Å². The van der Waals surface area contributed by atoms with Crippen LogP contribution in [0.15, 0.2) is 48.5 Å². The van der Waals surface area contributed by atoms with Gasteiger partial charge in [0, 0.05) is 0 Å². The lowest BCUT2D eigenvalue weighted by atomic mass is 10.0. The molecule has 0 radical (unpaired) electrons. The van der Waals surface area contributed by atoms with Crippen LogP contribution in [-0.4, -0.2) is 0 Å². The molecule has 1 heteroatoms. The maximum atomic E-state index is 6.12. The van der Waals surface area contributed by atoms with Crippen LogP contribution in [0.4, 0.5) is 0 Å². The molecule has 1 nitrogen and oxygen atoms in total. The van der Waals surface area contributed by atoms with Crippen LogP contribution in [0.2, 0.25) is 0 Å². The summed E-state index contributed by atoms with van der Waals surface area (Å²) in [5.74, 6) is 1.88. The maximum absolute atomic E-state index is 6.12. The summed E-state index contributed by atoms with van der Waals surface area (Å²) in [6.45, 7) is 4.59.